The number of carbonyl (C=O) groups is 1. The average molecular weight is 304 g/mol. The molecule has 1 rings (SSSR count). The minimum absolute atomic E-state index is 0.171. The average Bonchev–Trinajstić information content (AvgIpc) is 2.23. The summed E-state index contributed by atoms with van der Waals surface area (Å²) in [7, 11) is 1.56. The van der Waals surface area contributed by atoms with Crippen molar-refractivity contribution in [1.29, 1.82) is 0 Å². The van der Waals surface area contributed by atoms with E-state index in [-0.39, 0.29) is 18.1 Å². The molecule has 0 saturated carbocycles. The third-order valence-corrected chi connectivity index (χ3v) is 2.95. The molecule has 0 aliphatic rings. The van der Waals surface area contributed by atoms with Gasteiger partial charge in [-0.05, 0) is 48.0 Å². The third kappa shape index (κ3) is 4.44. The quantitative estimate of drug-likeness (QED) is 0.926. The number of benzene rings is 1. The SMILES string of the molecule is COC(C)(C)CC(=O)Nc1ccc(F)c(Br)c1. The van der Waals surface area contributed by atoms with Crippen LogP contribution in [0.4, 0.5) is 10.1 Å². The molecule has 0 spiro atoms. The largest absolute Gasteiger partial charge is 0.378 e. The number of halogens is 2. The molecular weight excluding hydrogens is 289 g/mol. The minimum atomic E-state index is -0.513. The summed E-state index contributed by atoms with van der Waals surface area (Å²) in [4.78, 5) is 11.7. The second kappa shape index (κ2) is 5.60. The standard InChI is InChI=1S/C12H15BrFNO2/c1-12(2,17-3)7-11(16)15-8-4-5-10(14)9(13)6-8/h4-6H,7H2,1-3H3,(H,15,16). The summed E-state index contributed by atoms with van der Waals surface area (Å²) in [5.74, 6) is -0.532. The topological polar surface area (TPSA) is 38.3 Å². The van der Waals surface area contributed by atoms with E-state index in [2.05, 4.69) is 21.2 Å². The molecule has 1 aromatic rings. The molecule has 0 bridgehead atoms. The number of nitrogens with one attached hydrogen (secondary N) is 1. The van der Waals surface area contributed by atoms with Crippen molar-refractivity contribution >= 4 is 27.5 Å². The summed E-state index contributed by atoms with van der Waals surface area (Å²) >= 11 is 3.06. The van der Waals surface area contributed by atoms with E-state index in [1.165, 1.54) is 18.2 Å². The van der Waals surface area contributed by atoms with Crippen LogP contribution < -0.4 is 5.32 Å². The van der Waals surface area contributed by atoms with E-state index >= 15 is 0 Å². The van der Waals surface area contributed by atoms with Gasteiger partial charge in [0.15, 0.2) is 0 Å². The van der Waals surface area contributed by atoms with Gasteiger partial charge in [0.25, 0.3) is 0 Å². The monoisotopic (exact) mass is 303 g/mol. The molecule has 0 heterocycles. The highest BCUT2D eigenvalue weighted by Gasteiger charge is 2.21. The lowest BCUT2D eigenvalue weighted by atomic mass is 10.0. The van der Waals surface area contributed by atoms with Gasteiger partial charge in [-0.25, -0.2) is 4.39 Å². The van der Waals surface area contributed by atoms with Crippen LogP contribution in [0, 0.1) is 5.82 Å². The number of amides is 1. The number of rotatable bonds is 4. The van der Waals surface area contributed by atoms with Crippen molar-refractivity contribution in [3.63, 3.8) is 0 Å². The van der Waals surface area contributed by atoms with Gasteiger partial charge in [-0.1, -0.05) is 0 Å². The lowest BCUT2D eigenvalue weighted by Crippen LogP contribution is -2.29. The van der Waals surface area contributed by atoms with Crippen LogP contribution in [-0.2, 0) is 9.53 Å². The zero-order chi connectivity index (χ0) is 13.1. The van der Waals surface area contributed by atoms with Gasteiger partial charge in [-0.3, -0.25) is 4.79 Å². The molecule has 3 nitrogen and oxygen atoms in total. The summed E-state index contributed by atoms with van der Waals surface area (Å²) < 4.78 is 18.5. The summed E-state index contributed by atoms with van der Waals surface area (Å²) in [6.45, 7) is 3.65. The lowest BCUT2D eigenvalue weighted by Gasteiger charge is -2.21. The number of hydrogen-bond donors (Lipinski definition) is 1. The second-order valence-corrected chi connectivity index (χ2v) is 5.17. The summed E-state index contributed by atoms with van der Waals surface area (Å²) in [5, 5.41) is 2.68. The van der Waals surface area contributed by atoms with Crippen LogP contribution in [0.1, 0.15) is 20.3 Å². The first-order chi connectivity index (χ1) is 7.84. The maximum Gasteiger partial charge on any atom is 0.227 e. The van der Waals surface area contributed by atoms with Crippen LogP contribution >= 0.6 is 15.9 Å². The Morgan fingerprint density at radius 3 is 2.71 bits per heavy atom. The van der Waals surface area contributed by atoms with Crippen LogP contribution in [0.15, 0.2) is 22.7 Å². The van der Waals surface area contributed by atoms with Gasteiger partial charge in [0.2, 0.25) is 5.91 Å². The number of ether oxygens (including phenoxy) is 1. The van der Waals surface area contributed by atoms with Crippen molar-refractivity contribution in [2.45, 2.75) is 25.9 Å². The molecule has 1 amide bonds. The van der Waals surface area contributed by atoms with E-state index in [1.807, 2.05) is 13.8 Å². The zero-order valence-corrected chi connectivity index (χ0v) is 11.6. The molecule has 17 heavy (non-hydrogen) atoms. The first kappa shape index (κ1) is 14.1. The molecule has 1 N–H and O–H groups in total. The third-order valence-electron chi connectivity index (χ3n) is 2.34. The van der Waals surface area contributed by atoms with Crippen LogP contribution in [0.5, 0.6) is 0 Å². The van der Waals surface area contributed by atoms with Gasteiger partial charge in [-0.15, -0.1) is 0 Å². The van der Waals surface area contributed by atoms with Gasteiger partial charge >= 0.3 is 0 Å². The zero-order valence-electron chi connectivity index (χ0n) is 10.0. The maximum absolute atomic E-state index is 13.0. The Balaban J connectivity index is 2.65. The van der Waals surface area contributed by atoms with E-state index in [0.29, 0.717) is 10.2 Å². The molecule has 0 unspecified atom stereocenters. The summed E-state index contributed by atoms with van der Waals surface area (Å²) in [5.41, 5.74) is 0.0385. The Hall–Kier alpha value is -0.940. The molecule has 0 saturated heterocycles. The van der Waals surface area contributed by atoms with Gasteiger partial charge in [0.05, 0.1) is 16.5 Å². The van der Waals surface area contributed by atoms with E-state index in [4.69, 9.17) is 4.74 Å². The highest BCUT2D eigenvalue weighted by atomic mass is 79.9. The highest BCUT2D eigenvalue weighted by Crippen LogP contribution is 2.21. The van der Waals surface area contributed by atoms with Crippen molar-refractivity contribution < 1.29 is 13.9 Å². The molecule has 0 atom stereocenters. The predicted molar refractivity (Wildman–Crippen MR) is 68.4 cm³/mol. The fourth-order valence-electron chi connectivity index (χ4n) is 1.24. The Morgan fingerprint density at radius 2 is 2.18 bits per heavy atom. The van der Waals surface area contributed by atoms with E-state index in [9.17, 15) is 9.18 Å². The Bertz CT molecular complexity index is 421. The number of carbonyl (C=O) groups excluding carboxylic acids is 1. The first-order valence-electron chi connectivity index (χ1n) is 5.14. The van der Waals surface area contributed by atoms with Gasteiger partial charge < -0.3 is 10.1 Å². The molecule has 0 aliphatic carbocycles. The van der Waals surface area contributed by atoms with Gasteiger partial charge in [0, 0.05) is 12.8 Å². The van der Waals surface area contributed by atoms with Gasteiger partial charge in [0.1, 0.15) is 5.82 Å². The van der Waals surface area contributed by atoms with Crippen molar-refractivity contribution in [2.75, 3.05) is 12.4 Å². The molecule has 0 radical (unpaired) electrons. The number of hydrogen-bond acceptors (Lipinski definition) is 2. The first-order valence-corrected chi connectivity index (χ1v) is 5.93. The lowest BCUT2D eigenvalue weighted by molar-refractivity contribution is -0.121. The predicted octanol–water partition coefficient (Wildman–Crippen LogP) is 3.34. The molecule has 94 valence electrons. The molecular formula is C12H15BrFNO2. The van der Waals surface area contributed by atoms with Crippen molar-refractivity contribution in [3.05, 3.63) is 28.5 Å². The molecule has 0 aliphatic heterocycles. The van der Waals surface area contributed by atoms with Crippen molar-refractivity contribution in [2.24, 2.45) is 0 Å². The smallest absolute Gasteiger partial charge is 0.227 e. The molecule has 5 heteroatoms. The van der Waals surface area contributed by atoms with Crippen molar-refractivity contribution in [3.8, 4) is 0 Å². The van der Waals surface area contributed by atoms with Crippen LogP contribution in [0.2, 0.25) is 0 Å². The Morgan fingerprint density at radius 1 is 1.53 bits per heavy atom. The maximum atomic E-state index is 13.0. The van der Waals surface area contributed by atoms with E-state index < -0.39 is 5.60 Å². The molecule has 1 aromatic carbocycles. The van der Waals surface area contributed by atoms with Crippen LogP contribution in [-0.4, -0.2) is 18.6 Å². The normalized spacial score (nSPS) is 11.4. The van der Waals surface area contributed by atoms with E-state index in [1.54, 1.807) is 7.11 Å². The fourth-order valence-corrected chi connectivity index (χ4v) is 1.62. The Kier molecular flexibility index (Phi) is 4.65. The van der Waals surface area contributed by atoms with Gasteiger partial charge in [-0.2, -0.15) is 0 Å². The fraction of sp³-hybridized carbons (Fsp3) is 0.417. The number of anilines is 1. The number of methoxy groups -OCH3 is 1. The minimum Gasteiger partial charge on any atom is -0.378 e. The molecule has 0 fully saturated rings. The van der Waals surface area contributed by atoms with Crippen LogP contribution in [0.25, 0.3) is 0 Å². The highest BCUT2D eigenvalue weighted by molar-refractivity contribution is 9.10. The second-order valence-electron chi connectivity index (χ2n) is 4.32. The van der Waals surface area contributed by atoms with E-state index in [0.717, 1.165) is 0 Å². The summed E-state index contributed by atoms with van der Waals surface area (Å²) in [6.07, 6.45) is 0.235. The molecule has 0 aromatic heterocycles. The summed E-state index contributed by atoms with van der Waals surface area (Å²) in [6, 6.07) is 4.33. The Labute approximate surface area is 108 Å². The van der Waals surface area contributed by atoms with Crippen LogP contribution in [0.3, 0.4) is 0 Å². The van der Waals surface area contributed by atoms with Crippen molar-refractivity contribution in [1.82, 2.24) is 0 Å².